The van der Waals surface area contributed by atoms with E-state index in [-0.39, 0.29) is 29.8 Å². The molecule has 0 radical (unpaired) electrons. The Morgan fingerprint density at radius 3 is 2.64 bits per heavy atom. The van der Waals surface area contributed by atoms with Gasteiger partial charge in [0.2, 0.25) is 0 Å². The zero-order chi connectivity index (χ0) is 27.8. The first-order valence-corrected chi connectivity index (χ1v) is 12.9. The molecule has 0 aromatic heterocycles. The van der Waals surface area contributed by atoms with Gasteiger partial charge in [-0.1, -0.05) is 42.3 Å². The van der Waals surface area contributed by atoms with Gasteiger partial charge in [0.1, 0.15) is 28.6 Å². The maximum Gasteiger partial charge on any atom is 0.409 e. The van der Waals surface area contributed by atoms with Crippen molar-refractivity contribution >= 4 is 29.3 Å². The Labute approximate surface area is 233 Å². The average Bonchev–Trinajstić information content (AvgIpc) is 3.55. The van der Waals surface area contributed by atoms with E-state index in [0.717, 1.165) is 11.1 Å². The third-order valence-corrected chi connectivity index (χ3v) is 7.84. The lowest BCUT2D eigenvalue weighted by molar-refractivity contribution is -0.142. The number of anilines is 1. The van der Waals surface area contributed by atoms with Crippen LogP contribution in [0.15, 0.2) is 48.1 Å². The summed E-state index contributed by atoms with van der Waals surface area (Å²) in [5, 5.41) is 14.3. The molecule has 0 spiro atoms. The number of halogens is 1. The predicted octanol–water partition coefficient (Wildman–Crippen LogP) is 3.10. The minimum Gasteiger partial charge on any atom is -0.495 e. The predicted molar refractivity (Wildman–Crippen MR) is 147 cm³/mol. The highest BCUT2D eigenvalue weighted by Gasteiger charge is 2.58. The highest BCUT2D eigenvalue weighted by atomic mass is 35.5. The van der Waals surface area contributed by atoms with Crippen molar-refractivity contribution in [3.8, 4) is 5.75 Å². The van der Waals surface area contributed by atoms with Crippen molar-refractivity contribution in [1.29, 1.82) is 0 Å². The molecule has 3 aliphatic rings. The van der Waals surface area contributed by atoms with Crippen LogP contribution in [0.25, 0.3) is 0 Å². The second-order valence-corrected chi connectivity index (χ2v) is 10.7. The first-order chi connectivity index (χ1) is 17.9. The molecule has 4 bridgehead atoms. The number of alkyl carbamates (subject to hydrolysis) is 1. The lowest BCUT2D eigenvalue weighted by Gasteiger charge is -2.42. The summed E-state index contributed by atoms with van der Waals surface area (Å²) >= 11 is 6.58. The van der Waals surface area contributed by atoms with E-state index < -0.39 is 29.6 Å². The molecule has 2 fully saturated rings. The summed E-state index contributed by atoms with van der Waals surface area (Å²) in [6, 6.07) is 3.70. The van der Waals surface area contributed by atoms with Crippen molar-refractivity contribution in [3.05, 3.63) is 58.7 Å². The molecule has 6 atom stereocenters. The van der Waals surface area contributed by atoms with Crippen LogP contribution >= 0.6 is 11.6 Å². The van der Waals surface area contributed by atoms with Crippen molar-refractivity contribution in [2.75, 3.05) is 26.2 Å². The number of epoxide rings is 1. The number of aliphatic hydroxyl groups is 1. The zero-order valence-electron chi connectivity index (χ0n) is 23.0. The van der Waals surface area contributed by atoms with Crippen LogP contribution in [0.4, 0.5) is 10.5 Å². The Balaban J connectivity index is 0.00000420. The number of amides is 2. The fourth-order valence-electron chi connectivity index (χ4n) is 5.16. The average molecular weight is 565 g/mol. The maximum absolute atomic E-state index is 13.1. The second kappa shape index (κ2) is 11.7. The van der Waals surface area contributed by atoms with Crippen molar-refractivity contribution in [1.82, 2.24) is 5.32 Å². The Kier molecular flexibility index (Phi) is 9.19. The number of carbonyl (C=O) groups is 2. The lowest BCUT2D eigenvalue weighted by Crippen LogP contribution is -2.63. The molecular weight excluding hydrogens is 528 g/mol. The van der Waals surface area contributed by atoms with E-state index in [1.54, 1.807) is 25.3 Å². The van der Waals surface area contributed by atoms with Crippen LogP contribution in [-0.2, 0) is 25.4 Å². The number of carbonyl (C=O) groups excluding carboxylic acids is 2. The Morgan fingerprint density at radius 1 is 1.26 bits per heavy atom. The van der Waals surface area contributed by atoms with Crippen LogP contribution in [0.1, 0.15) is 32.8 Å². The molecule has 1 aromatic rings. The minimum absolute atomic E-state index is 0. The highest BCUT2D eigenvalue weighted by molar-refractivity contribution is 6.35. The Bertz CT molecular complexity index is 1200. The number of ether oxygens (including phenoxy) is 4. The number of hydrogen-bond donors (Lipinski definition) is 2. The molecule has 0 aliphatic carbocycles. The van der Waals surface area contributed by atoms with Crippen LogP contribution in [0, 0.1) is 5.92 Å². The second-order valence-electron chi connectivity index (χ2n) is 10.4. The van der Waals surface area contributed by atoms with Crippen LogP contribution < -0.4 is 15.0 Å². The molecule has 1 aromatic carbocycles. The summed E-state index contributed by atoms with van der Waals surface area (Å²) in [6.45, 7) is 5.72. The van der Waals surface area contributed by atoms with Crippen molar-refractivity contribution in [2.45, 2.75) is 63.3 Å². The highest BCUT2D eigenvalue weighted by Crippen LogP contribution is 2.46. The number of nitrogens with zero attached hydrogens (tertiary/aromatic N) is 1. The van der Waals surface area contributed by atoms with Crippen LogP contribution in [0.5, 0.6) is 5.75 Å². The molecule has 3 aliphatic heterocycles. The Morgan fingerprint density at radius 2 is 1.97 bits per heavy atom. The number of hydrogen-bond acceptors (Lipinski definition) is 7. The zero-order valence-corrected chi connectivity index (χ0v) is 23.7. The lowest BCUT2D eigenvalue weighted by atomic mass is 9.85. The maximum atomic E-state index is 13.1. The van der Waals surface area contributed by atoms with Gasteiger partial charge in [0.15, 0.2) is 5.72 Å². The molecule has 0 saturated carbocycles. The smallest absolute Gasteiger partial charge is 0.409 e. The molecule has 4 rings (SSSR count). The van der Waals surface area contributed by atoms with Gasteiger partial charge in [0, 0.05) is 32.6 Å². The number of rotatable bonds is 2. The number of methoxy groups -OCH3 is 2. The third-order valence-electron chi connectivity index (χ3n) is 7.46. The molecular formula is C28H37ClN2O8. The van der Waals surface area contributed by atoms with Gasteiger partial charge in [-0.2, -0.15) is 0 Å². The fourth-order valence-corrected chi connectivity index (χ4v) is 5.47. The monoisotopic (exact) mass is 564 g/mol. The van der Waals surface area contributed by atoms with Crippen LogP contribution in [0.3, 0.4) is 0 Å². The van der Waals surface area contributed by atoms with Crippen molar-refractivity contribution in [3.63, 3.8) is 0 Å². The van der Waals surface area contributed by atoms with Gasteiger partial charge >= 0.3 is 6.09 Å². The van der Waals surface area contributed by atoms with E-state index in [2.05, 4.69) is 5.32 Å². The standard InChI is InChI=1S/C28H35ClN2O7.H2O/c1-16-8-7-9-22(36-6)28(34)15-21(37-26(33)30-28)17(2)25-27(3,38-25)11-10-23(32)31(4)19-13-18(12-16)14-20(35-5)24(19)29;/h7-11,13-14,17,21-22,25,34H,12,15H2,1-6H3,(H,30,33);1H2/b9-7+,11-10+,16-8+;/t17-,21-,22+,25+,27-,28+;/m0./s1. The molecule has 0 unspecified atom stereocenters. The number of fused-ring (bicyclic) bond motifs is 5. The molecule has 2 saturated heterocycles. The van der Waals surface area contributed by atoms with Crippen molar-refractivity contribution in [2.24, 2.45) is 5.92 Å². The van der Waals surface area contributed by atoms with Gasteiger partial charge in [0.25, 0.3) is 5.91 Å². The summed E-state index contributed by atoms with van der Waals surface area (Å²) < 4.78 is 22.5. The van der Waals surface area contributed by atoms with E-state index in [1.165, 1.54) is 25.2 Å². The van der Waals surface area contributed by atoms with E-state index in [4.69, 9.17) is 30.5 Å². The van der Waals surface area contributed by atoms with E-state index >= 15 is 0 Å². The summed E-state index contributed by atoms with van der Waals surface area (Å²) in [5.74, 6) is -0.0859. The van der Waals surface area contributed by atoms with Gasteiger partial charge in [-0.3, -0.25) is 10.1 Å². The summed E-state index contributed by atoms with van der Waals surface area (Å²) in [5.41, 5.74) is 0.00882. The first kappa shape index (κ1) is 30.6. The minimum atomic E-state index is -1.68. The van der Waals surface area contributed by atoms with Gasteiger partial charge in [-0.25, -0.2) is 4.79 Å². The largest absolute Gasteiger partial charge is 0.495 e. The van der Waals surface area contributed by atoms with Crippen LogP contribution in [-0.4, -0.2) is 73.5 Å². The first-order valence-electron chi connectivity index (χ1n) is 12.5. The fraction of sp³-hybridized carbons (Fsp3) is 0.500. The van der Waals surface area contributed by atoms with Crippen molar-refractivity contribution < 1.29 is 39.1 Å². The van der Waals surface area contributed by atoms with Crippen LogP contribution in [0.2, 0.25) is 5.02 Å². The third kappa shape index (κ3) is 6.31. The van der Waals surface area contributed by atoms with E-state index in [0.29, 0.717) is 22.9 Å². The molecule has 2 amide bonds. The van der Waals surface area contributed by atoms with E-state index in [9.17, 15) is 14.7 Å². The van der Waals surface area contributed by atoms with Gasteiger partial charge in [0.05, 0.1) is 18.9 Å². The van der Waals surface area contributed by atoms with Gasteiger partial charge in [-0.15, -0.1) is 0 Å². The molecule has 39 heavy (non-hydrogen) atoms. The summed E-state index contributed by atoms with van der Waals surface area (Å²) in [7, 11) is 4.66. The topological polar surface area (TPSA) is 141 Å². The SMILES string of the molecule is COc1cc2cc(c1Cl)N(C)C(=O)/C=C/[C@]1(C)O[C@@H]1[C@@H](C)[C@@H]1C[C@](O)(NC(=O)O1)[C@H](OC)/C=C/C=C(\C)C2.O. The number of nitrogens with one attached hydrogen (secondary N) is 1. The molecule has 11 heteroatoms. The number of likely N-dealkylation sites (N-methyl/N-ethyl adjacent to an activating group) is 1. The summed E-state index contributed by atoms with van der Waals surface area (Å²) in [4.78, 5) is 27.0. The number of allylic oxidation sites excluding steroid dienone is 3. The Hall–Kier alpha value is -2.89. The van der Waals surface area contributed by atoms with E-state index in [1.807, 2.05) is 39.0 Å². The van der Waals surface area contributed by atoms with Gasteiger partial charge < -0.3 is 34.4 Å². The number of benzene rings is 1. The molecule has 10 nitrogen and oxygen atoms in total. The molecule has 214 valence electrons. The normalized spacial score (nSPS) is 35.8. The van der Waals surface area contributed by atoms with Gasteiger partial charge in [-0.05, 0) is 44.0 Å². The molecule has 4 N–H and O–H groups in total. The summed E-state index contributed by atoms with van der Waals surface area (Å²) in [6.07, 6.45) is 6.68. The quantitative estimate of drug-likeness (QED) is 0.526. The molecule has 3 heterocycles.